The van der Waals surface area contributed by atoms with E-state index in [0.717, 1.165) is 17.7 Å². The predicted molar refractivity (Wildman–Crippen MR) is 97.8 cm³/mol. The Labute approximate surface area is 155 Å². The molecular weight excluding hydrogens is 354 g/mol. The number of nitrogens with zero attached hydrogens (tertiary/aromatic N) is 1. The fraction of sp³-hybridized carbons (Fsp3) is 0.200. The lowest BCUT2D eigenvalue weighted by molar-refractivity contribution is -0.118. The van der Waals surface area contributed by atoms with Gasteiger partial charge < -0.3 is 15.0 Å². The molecule has 0 saturated carbocycles. The number of ether oxygens (including phenoxy) is 1. The molecule has 0 bridgehead atoms. The van der Waals surface area contributed by atoms with E-state index in [2.05, 4.69) is 11.9 Å². The van der Waals surface area contributed by atoms with Gasteiger partial charge in [-0.05, 0) is 30.2 Å². The number of hydrogen-bond acceptors (Lipinski definition) is 3. The third-order valence-corrected chi connectivity index (χ3v) is 4.20. The second-order valence-electron chi connectivity index (χ2n) is 6.02. The molecule has 0 saturated heterocycles. The first kappa shape index (κ1) is 18.6. The maximum Gasteiger partial charge on any atom is 0.247 e. The zero-order valence-corrected chi connectivity index (χ0v) is 14.5. The van der Waals surface area contributed by atoms with Crippen LogP contribution < -0.4 is 15.0 Å². The van der Waals surface area contributed by atoms with E-state index in [1.807, 2.05) is 12.1 Å². The Morgan fingerprint density at radius 3 is 2.59 bits per heavy atom. The van der Waals surface area contributed by atoms with Crippen LogP contribution in [0.4, 0.5) is 20.2 Å². The van der Waals surface area contributed by atoms with E-state index in [4.69, 9.17) is 4.74 Å². The molecule has 0 unspecified atom stereocenters. The summed E-state index contributed by atoms with van der Waals surface area (Å²) in [5.74, 6) is -2.36. The first-order valence-electron chi connectivity index (χ1n) is 8.42. The Hall–Kier alpha value is -3.22. The molecule has 27 heavy (non-hydrogen) atoms. The fourth-order valence-corrected chi connectivity index (χ4v) is 2.81. The lowest BCUT2D eigenvalue weighted by Crippen LogP contribution is -2.38. The van der Waals surface area contributed by atoms with Crippen molar-refractivity contribution in [1.29, 1.82) is 0 Å². The van der Waals surface area contributed by atoms with Crippen LogP contribution in [0.1, 0.15) is 12.0 Å². The fourth-order valence-electron chi connectivity index (χ4n) is 2.81. The van der Waals surface area contributed by atoms with Crippen molar-refractivity contribution in [3.05, 3.63) is 66.3 Å². The van der Waals surface area contributed by atoms with Gasteiger partial charge in [-0.1, -0.05) is 18.7 Å². The number of fused-ring (bicyclic) bond motifs is 1. The minimum Gasteiger partial charge on any atom is -0.489 e. The number of halogens is 2. The average Bonchev–Trinajstić information content (AvgIpc) is 2.67. The zero-order chi connectivity index (χ0) is 19.4. The summed E-state index contributed by atoms with van der Waals surface area (Å²) in [6.45, 7) is 3.89. The molecule has 0 fully saturated rings. The number of benzene rings is 2. The Morgan fingerprint density at radius 2 is 1.89 bits per heavy atom. The molecule has 3 rings (SSSR count). The molecule has 0 radical (unpaired) electrons. The van der Waals surface area contributed by atoms with Crippen LogP contribution in [0, 0.1) is 11.6 Å². The van der Waals surface area contributed by atoms with E-state index >= 15 is 0 Å². The molecule has 1 aliphatic heterocycles. The van der Waals surface area contributed by atoms with Crippen LogP contribution in [-0.4, -0.2) is 25.0 Å². The van der Waals surface area contributed by atoms with Gasteiger partial charge in [-0.3, -0.25) is 9.59 Å². The Bertz CT molecular complexity index is 882. The number of hydrogen-bond donors (Lipinski definition) is 1. The van der Waals surface area contributed by atoms with Crippen molar-refractivity contribution in [3.63, 3.8) is 0 Å². The SMILES string of the molecule is C=CC(=O)Nc1ccc(CCC(=O)N2CCOc3cc(F)c(F)cc32)cc1. The molecule has 0 aliphatic carbocycles. The third kappa shape index (κ3) is 4.31. The minimum atomic E-state index is -1.02. The summed E-state index contributed by atoms with van der Waals surface area (Å²) in [4.78, 5) is 25.2. The van der Waals surface area contributed by atoms with Crippen LogP contribution in [0.3, 0.4) is 0 Å². The van der Waals surface area contributed by atoms with Gasteiger partial charge in [0.25, 0.3) is 0 Å². The highest BCUT2D eigenvalue weighted by Gasteiger charge is 2.25. The lowest BCUT2D eigenvalue weighted by Gasteiger charge is -2.29. The van der Waals surface area contributed by atoms with Gasteiger partial charge in [0, 0.05) is 24.2 Å². The summed E-state index contributed by atoms with van der Waals surface area (Å²) < 4.78 is 32.2. The van der Waals surface area contributed by atoms with Gasteiger partial charge in [0.2, 0.25) is 11.8 Å². The van der Waals surface area contributed by atoms with Crippen LogP contribution in [0.15, 0.2) is 49.1 Å². The molecule has 0 aromatic heterocycles. The Balaban J connectivity index is 1.64. The summed E-state index contributed by atoms with van der Waals surface area (Å²) in [5.41, 5.74) is 1.79. The second-order valence-corrected chi connectivity index (χ2v) is 6.02. The van der Waals surface area contributed by atoms with Gasteiger partial charge in [0.1, 0.15) is 12.4 Å². The lowest BCUT2D eigenvalue weighted by atomic mass is 10.1. The van der Waals surface area contributed by atoms with Crippen molar-refractivity contribution < 1.29 is 23.1 Å². The van der Waals surface area contributed by atoms with E-state index < -0.39 is 11.6 Å². The van der Waals surface area contributed by atoms with Crippen LogP contribution in [-0.2, 0) is 16.0 Å². The van der Waals surface area contributed by atoms with Gasteiger partial charge in [0.05, 0.1) is 12.2 Å². The molecule has 2 amide bonds. The third-order valence-electron chi connectivity index (χ3n) is 4.20. The summed E-state index contributed by atoms with van der Waals surface area (Å²) in [6, 6.07) is 9.05. The molecule has 1 aliphatic rings. The highest BCUT2D eigenvalue weighted by molar-refractivity contribution is 5.98. The molecule has 0 atom stereocenters. The Morgan fingerprint density at radius 1 is 1.19 bits per heavy atom. The quantitative estimate of drug-likeness (QED) is 0.818. The number of rotatable bonds is 5. The smallest absolute Gasteiger partial charge is 0.247 e. The van der Waals surface area contributed by atoms with Gasteiger partial charge in [-0.25, -0.2) is 8.78 Å². The summed E-state index contributed by atoms with van der Waals surface area (Å²) in [5, 5.41) is 2.64. The first-order chi connectivity index (χ1) is 13.0. The van der Waals surface area contributed by atoms with Crippen LogP contribution in [0.25, 0.3) is 0 Å². The van der Waals surface area contributed by atoms with Crippen molar-refractivity contribution in [3.8, 4) is 5.75 Å². The standard InChI is InChI=1S/C20H18F2N2O3/c1-2-19(25)23-14-6-3-13(4-7-14)5-8-20(26)24-9-10-27-18-12-16(22)15(21)11-17(18)24/h2-4,6-7,11-12H,1,5,8-10H2,(H,23,25). The number of aryl methyl sites for hydroxylation is 1. The highest BCUT2D eigenvalue weighted by atomic mass is 19.2. The zero-order valence-electron chi connectivity index (χ0n) is 14.5. The van der Waals surface area contributed by atoms with Crippen LogP contribution in [0.2, 0.25) is 0 Å². The van der Waals surface area contributed by atoms with Gasteiger partial charge in [-0.2, -0.15) is 0 Å². The van der Waals surface area contributed by atoms with Crippen molar-refractivity contribution in [2.75, 3.05) is 23.4 Å². The number of amides is 2. The van der Waals surface area contributed by atoms with Gasteiger partial charge in [-0.15, -0.1) is 0 Å². The molecular formula is C20H18F2N2O3. The maximum atomic E-state index is 13.5. The Kier molecular flexibility index (Phi) is 5.49. The topological polar surface area (TPSA) is 58.6 Å². The van der Waals surface area contributed by atoms with E-state index in [9.17, 15) is 18.4 Å². The van der Waals surface area contributed by atoms with Crippen molar-refractivity contribution >= 4 is 23.2 Å². The largest absolute Gasteiger partial charge is 0.489 e. The number of carbonyl (C=O) groups excluding carboxylic acids is 2. The van der Waals surface area contributed by atoms with Crippen molar-refractivity contribution in [2.45, 2.75) is 12.8 Å². The first-order valence-corrected chi connectivity index (χ1v) is 8.42. The molecule has 7 heteroatoms. The van der Waals surface area contributed by atoms with Gasteiger partial charge >= 0.3 is 0 Å². The molecule has 5 nitrogen and oxygen atoms in total. The maximum absolute atomic E-state index is 13.5. The number of carbonyl (C=O) groups is 2. The summed E-state index contributed by atoms with van der Waals surface area (Å²) >= 11 is 0. The predicted octanol–water partition coefficient (Wildman–Crippen LogP) is 3.45. The number of anilines is 2. The van der Waals surface area contributed by atoms with Crippen LogP contribution >= 0.6 is 0 Å². The molecule has 2 aromatic carbocycles. The molecule has 1 heterocycles. The van der Waals surface area contributed by atoms with Crippen molar-refractivity contribution in [1.82, 2.24) is 0 Å². The van der Waals surface area contributed by atoms with Crippen LogP contribution in [0.5, 0.6) is 5.75 Å². The van der Waals surface area contributed by atoms with E-state index in [-0.39, 0.29) is 42.8 Å². The van der Waals surface area contributed by atoms with Crippen molar-refractivity contribution in [2.24, 2.45) is 0 Å². The average molecular weight is 372 g/mol. The normalized spacial score (nSPS) is 12.7. The monoisotopic (exact) mass is 372 g/mol. The summed E-state index contributed by atoms with van der Waals surface area (Å²) in [7, 11) is 0. The van der Waals surface area contributed by atoms with E-state index in [0.29, 0.717) is 12.1 Å². The second kappa shape index (κ2) is 7.99. The molecule has 2 aromatic rings. The van der Waals surface area contributed by atoms with Gasteiger partial charge in [0.15, 0.2) is 11.6 Å². The molecule has 0 spiro atoms. The molecule has 140 valence electrons. The van der Waals surface area contributed by atoms with E-state index in [1.165, 1.54) is 11.0 Å². The van der Waals surface area contributed by atoms with E-state index in [1.54, 1.807) is 12.1 Å². The number of nitrogens with one attached hydrogen (secondary N) is 1. The molecule has 1 N–H and O–H groups in total. The summed E-state index contributed by atoms with van der Waals surface area (Å²) in [6.07, 6.45) is 1.86. The minimum absolute atomic E-state index is 0.163. The highest BCUT2D eigenvalue weighted by Crippen LogP contribution is 2.34.